The molecule has 0 saturated carbocycles. The summed E-state index contributed by atoms with van der Waals surface area (Å²) in [6, 6.07) is 7.73. The van der Waals surface area contributed by atoms with Crippen LogP contribution in [0.5, 0.6) is 5.75 Å². The van der Waals surface area contributed by atoms with Gasteiger partial charge >= 0.3 is 0 Å². The first-order chi connectivity index (χ1) is 11.6. The Balaban J connectivity index is 0.00000139. The van der Waals surface area contributed by atoms with Crippen LogP contribution >= 0.6 is 0 Å². The Morgan fingerprint density at radius 1 is 1.17 bits per heavy atom. The van der Waals surface area contributed by atoms with Gasteiger partial charge in [0.25, 0.3) is 0 Å². The van der Waals surface area contributed by atoms with E-state index in [0.717, 1.165) is 23.2 Å². The van der Waals surface area contributed by atoms with E-state index in [9.17, 15) is 4.79 Å². The third-order valence-corrected chi connectivity index (χ3v) is 3.61. The molecule has 1 aromatic carbocycles. The molecule has 24 heavy (non-hydrogen) atoms. The van der Waals surface area contributed by atoms with Gasteiger partial charge in [0.2, 0.25) is 0 Å². The van der Waals surface area contributed by atoms with E-state index in [-0.39, 0.29) is 0 Å². The molecule has 2 N–H and O–H groups in total. The topological polar surface area (TPSA) is 75.1 Å². The van der Waals surface area contributed by atoms with Gasteiger partial charge < -0.3 is 15.5 Å². The molecule has 0 aliphatic rings. The lowest BCUT2D eigenvalue weighted by Gasteiger charge is -2.14. The average Bonchev–Trinajstić information content (AvgIpc) is 2.62. The van der Waals surface area contributed by atoms with E-state index in [1.54, 1.807) is 14.0 Å². The molecule has 5 nitrogen and oxygen atoms in total. The number of rotatable bonds is 6. The maximum Gasteiger partial charge on any atom is 0.152 e. The molecule has 0 atom stereocenters. The van der Waals surface area contributed by atoms with Gasteiger partial charge in [0.1, 0.15) is 11.6 Å². The van der Waals surface area contributed by atoms with Crippen molar-refractivity contribution >= 4 is 18.3 Å². The lowest BCUT2D eigenvalue weighted by atomic mass is 10.0. The van der Waals surface area contributed by atoms with Crippen molar-refractivity contribution < 1.29 is 9.53 Å². The number of hydrogen-bond acceptors (Lipinski definition) is 5. The predicted molar refractivity (Wildman–Crippen MR) is 98.7 cm³/mol. The summed E-state index contributed by atoms with van der Waals surface area (Å²) in [5.74, 6) is 1.43. The van der Waals surface area contributed by atoms with Crippen LogP contribution in [0.3, 0.4) is 0 Å². The molecule has 0 fully saturated rings. The van der Waals surface area contributed by atoms with Gasteiger partial charge in [0, 0.05) is 23.9 Å². The average molecular weight is 327 g/mol. The minimum atomic E-state index is 0.550. The summed E-state index contributed by atoms with van der Waals surface area (Å²) in [5.41, 5.74) is 3.70. The van der Waals surface area contributed by atoms with Crippen LogP contribution in [0.4, 0.5) is 5.82 Å². The van der Waals surface area contributed by atoms with E-state index in [4.69, 9.17) is 10.1 Å². The number of pyridine rings is 1. The molecule has 0 unspecified atom stereocenters. The van der Waals surface area contributed by atoms with Crippen molar-refractivity contribution in [3.63, 3.8) is 0 Å². The maximum atomic E-state index is 11.1. The first-order valence-electron chi connectivity index (χ1n) is 7.94. The van der Waals surface area contributed by atoms with Gasteiger partial charge in [0.15, 0.2) is 6.29 Å². The molecule has 0 bridgehead atoms. The maximum absolute atomic E-state index is 11.1. The third kappa shape index (κ3) is 4.41. The minimum Gasteiger partial charge on any atom is -0.497 e. The molecule has 2 rings (SSSR count). The molecule has 0 amide bonds. The van der Waals surface area contributed by atoms with Crippen LogP contribution in [-0.4, -0.2) is 24.6 Å². The van der Waals surface area contributed by atoms with Crippen LogP contribution in [-0.2, 0) is 6.54 Å². The monoisotopic (exact) mass is 327 g/mol. The van der Waals surface area contributed by atoms with Gasteiger partial charge in [-0.15, -0.1) is 0 Å². The first kappa shape index (κ1) is 19.4. The number of ether oxygens (including phenoxy) is 1. The van der Waals surface area contributed by atoms with Crippen LogP contribution in [0.1, 0.15) is 46.6 Å². The lowest BCUT2D eigenvalue weighted by molar-refractivity contribution is 0.112. The predicted octanol–water partition coefficient (Wildman–Crippen LogP) is 4.16. The van der Waals surface area contributed by atoms with Crippen LogP contribution < -0.4 is 10.1 Å². The fourth-order valence-electron chi connectivity index (χ4n) is 2.30. The fraction of sp³-hybridized carbons (Fsp3) is 0.316. The van der Waals surface area contributed by atoms with Gasteiger partial charge in [-0.1, -0.05) is 26.0 Å². The summed E-state index contributed by atoms with van der Waals surface area (Å²) in [6.45, 7) is 8.21. The number of aldehydes is 1. The number of hydrogen-bond donors (Lipinski definition) is 2. The fourth-order valence-corrected chi connectivity index (χ4v) is 2.30. The van der Waals surface area contributed by atoms with Crippen molar-refractivity contribution in [3.05, 3.63) is 52.2 Å². The zero-order valence-corrected chi connectivity index (χ0v) is 14.9. The van der Waals surface area contributed by atoms with Crippen molar-refractivity contribution in [2.24, 2.45) is 0 Å². The zero-order valence-electron chi connectivity index (χ0n) is 14.9. The molecule has 5 heteroatoms. The van der Waals surface area contributed by atoms with E-state index < -0.39 is 0 Å². The Morgan fingerprint density at radius 2 is 1.79 bits per heavy atom. The normalized spacial score (nSPS) is 9.54. The number of carbonyl (C=O) groups excluding carboxylic acids is 1. The molecular weight excluding hydrogens is 302 g/mol. The van der Waals surface area contributed by atoms with E-state index in [2.05, 4.69) is 10.3 Å². The first-order valence-corrected chi connectivity index (χ1v) is 7.94. The highest BCUT2D eigenvalue weighted by atomic mass is 16.5. The summed E-state index contributed by atoms with van der Waals surface area (Å²) in [6.07, 6.45) is 2.02. The largest absolute Gasteiger partial charge is 0.497 e. The van der Waals surface area contributed by atoms with Crippen molar-refractivity contribution in [3.8, 4) is 5.75 Å². The van der Waals surface area contributed by atoms with Gasteiger partial charge in [0.05, 0.1) is 12.8 Å². The second-order valence-corrected chi connectivity index (χ2v) is 4.96. The number of benzene rings is 1. The smallest absolute Gasteiger partial charge is 0.152 e. The summed E-state index contributed by atoms with van der Waals surface area (Å²) in [5, 5.41) is 10.8. The number of aromatic nitrogens is 1. The molecule has 0 spiro atoms. The lowest BCUT2D eigenvalue weighted by Crippen LogP contribution is -2.09. The van der Waals surface area contributed by atoms with Crippen molar-refractivity contribution in [2.75, 3.05) is 12.4 Å². The second-order valence-electron chi connectivity index (χ2n) is 4.96. The highest BCUT2D eigenvalue weighted by Gasteiger charge is 2.12. The van der Waals surface area contributed by atoms with E-state index in [0.29, 0.717) is 29.2 Å². The number of methoxy groups -OCH3 is 1. The standard InChI is InChI=1S/C17H19N3O2.C2H6/c1-11-15(8-18)17(20-12(2)16(11)10-21)19-9-13-4-6-14(22-3)7-5-13;1-2/h4-8,10,18H,9H2,1-3H3,(H,19,20);1-2H3. The molecule has 0 radical (unpaired) electrons. The summed E-state index contributed by atoms with van der Waals surface area (Å²) in [7, 11) is 1.63. The van der Waals surface area contributed by atoms with E-state index in [1.165, 1.54) is 6.21 Å². The van der Waals surface area contributed by atoms with Gasteiger partial charge in [-0.2, -0.15) is 0 Å². The highest BCUT2D eigenvalue weighted by Crippen LogP contribution is 2.21. The zero-order chi connectivity index (χ0) is 18.1. The Hall–Kier alpha value is -2.69. The highest BCUT2D eigenvalue weighted by molar-refractivity contribution is 5.91. The number of anilines is 1. The van der Waals surface area contributed by atoms with Crippen molar-refractivity contribution in [2.45, 2.75) is 34.2 Å². The van der Waals surface area contributed by atoms with Crippen LogP contribution in [0.2, 0.25) is 0 Å². The van der Waals surface area contributed by atoms with E-state index >= 15 is 0 Å². The quantitative estimate of drug-likeness (QED) is 0.617. The van der Waals surface area contributed by atoms with Crippen molar-refractivity contribution in [1.82, 2.24) is 4.98 Å². The number of aryl methyl sites for hydroxylation is 1. The molecule has 0 saturated heterocycles. The molecular formula is C19H25N3O2. The Bertz CT molecular complexity index is 695. The van der Waals surface area contributed by atoms with Gasteiger partial charge in [-0.3, -0.25) is 4.79 Å². The molecule has 0 aliphatic heterocycles. The molecule has 0 aliphatic carbocycles. The molecule has 2 aromatic rings. The van der Waals surface area contributed by atoms with Crippen LogP contribution in [0.25, 0.3) is 0 Å². The molecule has 1 aromatic heterocycles. The number of nitrogens with zero attached hydrogens (tertiary/aromatic N) is 1. The summed E-state index contributed by atoms with van der Waals surface area (Å²) in [4.78, 5) is 15.5. The van der Waals surface area contributed by atoms with Crippen molar-refractivity contribution in [1.29, 1.82) is 5.41 Å². The third-order valence-electron chi connectivity index (χ3n) is 3.61. The Morgan fingerprint density at radius 3 is 2.29 bits per heavy atom. The second kappa shape index (κ2) is 9.45. The van der Waals surface area contributed by atoms with Gasteiger partial charge in [-0.05, 0) is 37.1 Å². The van der Waals surface area contributed by atoms with Crippen LogP contribution in [0, 0.1) is 19.3 Å². The Kier molecular flexibility index (Phi) is 7.62. The molecule has 128 valence electrons. The van der Waals surface area contributed by atoms with Gasteiger partial charge in [-0.25, -0.2) is 4.98 Å². The summed E-state index contributed by atoms with van der Waals surface area (Å²) >= 11 is 0. The summed E-state index contributed by atoms with van der Waals surface area (Å²) < 4.78 is 5.13. The number of nitrogens with one attached hydrogen (secondary N) is 2. The SMILES string of the molecule is CC.COc1ccc(CNc2nc(C)c(C=O)c(C)c2C=N)cc1. The van der Waals surface area contributed by atoms with Crippen LogP contribution in [0.15, 0.2) is 24.3 Å². The number of carbonyl (C=O) groups is 1. The van der Waals surface area contributed by atoms with E-state index in [1.807, 2.05) is 45.0 Å². The minimum absolute atomic E-state index is 0.550. The molecule has 1 heterocycles. The Labute approximate surface area is 143 Å².